The van der Waals surface area contributed by atoms with Gasteiger partial charge in [0.1, 0.15) is 0 Å². The van der Waals surface area contributed by atoms with Gasteiger partial charge in [0.2, 0.25) is 0 Å². The van der Waals surface area contributed by atoms with Crippen LogP contribution in [-0.2, 0) is 6.54 Å². The van der Waals surface area contributed by atoms with E-state index in [1.807, 2.05) is 48.5 Å². The number of aryl methyl sites for hydroxylation is 1. The molecule has 0 spiro atoms. The van der Waals surface area contributed by atoms with E-state index < -0.39 is 0 Å². The quantitative estimate of drug-likeness (QED) is 0.368. The minimum atomic E-state index is -0.0918. The number of carbonyl (C=O) groups is 1. The van der Waals surface area contributed by atoms with Crippen molar-refractivity contribution in [3.05, 3.63) is 90.6 Å². The van der Waals surface area contributed by atoms with Crippen LogP contribution in [0.2, 0.25) is 0 Å². The Labute approximate surface area is 180 Å². The van der Waals surface area contributed by atoms with Crippen molar-refractivity contribution in [2.24, 2.45) is 0 Å². The van der Waals surface area contributed by atoms with Crippen molar-refractivity contribution in [2.45, 2.75) is 13.5 Å². The smallest absolute Gasteiger partial charge is 0.256 e. The minimum Gasteiger partial charge on any atom is -0.381 e. The van der Waals surface area contributed by atoms with Crippen LogP contribution in [0.3, 0.4) is 0 Å². The second-order valence-corrected chi connectivity index (χ2v) is 8.43. The molecule has 0 aliphatic rings. The van der Waals surface area contributed by atoms with Gasteiger partial charge in [-0.3, -0.25) is 4.79 Å². The number of benzene rings is 3. The number of carbonyl (C=O) groups excluding carboxylic acids is 1. The molecule has 0 saturated carbocycles. The molecule has 132 valence electrons. The molecule has 3 nitrogen and oxygen atoms in total. The molecular formula is C21H18I2N2O. The van der Waals surface area contributed by atoms with Crippen LogP contribution in [-0.4, -0.2) is 5.91 Å². The first-order valence-electron chi connectivity index (χ1n) is 8.18. The van der Waals surface area contributed by atoms with E-state index in [-0.39, 0.29) is 5.91 Å². The van der Waals surface area contributed by atoms with Gasteiger partial charge in [0, 0.05) is 30.6 Å². The van der Waals surface area contributed by atoms with Gasteiger partial charge in [-0.15, -0.1) is 0 Å². The van der Waals surface area contributed by atoms with Crippen LogP contribution >= 0.6 is 45.2 Å². The Kier molecular flexibility index (Phi) is 6.53. The Morgan fingerprint density at radius 2 is 1.62 bits per heavy atom. The lowest BCUT2D eigenvalue weighted by atomic mass is 10.1. The van der Waals surface area contributed by atoms with E-state index in [9.17, 15) is 4.79 Å². The molecule has 26 heavy (non-hydrogen) atoms. The molecule has 0 radical (unpaired) electrons. The number of nitrogens with one attached hydrogen (secondary N) is 2. The van der Waals surface area contributed by atoms with E-state index in [4.69, 9.17) is 0 Å². The first-order valence-corrected chi connectivity index (χ1v) is 10.3. The number of amides is 1. The summed E-state index contributed by atoms with van der Waals surface area (Å²) in [6.07, 6.45) is 0. The van der Waals surface area contributed by atoms with Gasteiger partial charge in [0.15, 0.2) is 0 Å². The van der Waals surface area contributed by atoms with Gasteiger partial charge in [-0.25, -0.2) is 0 Å². The van der Waals surface area contributed by atoms with E-state index in [1.165, 1.54) is 9.13 Å². The lowest BCUT2D eigenvalue weighted by molar-refractivity contribution is 0.102. The third kappa shape index (κ3) is 4.97. The van der Waals surface area contributed by atoms with Crippen LogP contribution in [0.15, 0.2) is 66.7 Å². The van der Waals surface area contributed by atoms with E-state index >= 15 is 0 Å². The number of para-hydroxylation sites is 1. The zero-order chi connectivity index (χ0) is 18.5. The Morgan fingerprint density at radius 1 is 0.923 bits per heavy atom. The highest BCUT2D eigenvalue weighted by Gasteiger charge is 2.13. The molecule has 0 aromatic heterocycles. The van der Waals surface area contributed by atoms with Crippen molar-refractivity contribution in [3.8, 4) is 0 Å². The zero-order valence-corrected chi connectivity index (χ0v) is 18.5. The third-order valence-electron chi connectivity index (χ3n) is 4.01. The molecule has 3 rings (SSSR count). The van der Waals surface area contributed by atoms with Gasteiger partial charge in [0.05, 0.1) is 0 Å². The second-order valence-electron chi connectivity index (χ2n) is 5.93. The fraction of sp³-hybridized carbons (Fsp3) is 0.0952. The molecule has 3 aromatic rings. The maximum atomic E-state index is 12.8. The SMILES string of the molecule is Cc1cc(I)ccc1NCc1ccc(I)cc1C(=O)Nc1ccccc1. The Bertz CT molecular complexity index is 927. The zero-order valence-electron chi connectivity index (χ0n) is 14.2. The molecule has 3 aromatic carbocycles. The molecule has 0 unspecified atom stereocenters. The standard InChI is InChI=1S/C21H18I2N2O/c1-14-11-16(22)9-10-20(14)24-13-15-7-8-17(23)12-19(15)21(26)25-18-5-3-2-4-6-18/h2-12,24H,13H2,1H3,(H,25,26). The molecule has 0 atom stereocenters. The minimum absolute atomic E-state index is 0.0918. The molecule has 1 amide bonds. The van der Waals surface area contributed by atoms with Crippen LogP contribution in [0.5, 0.6) is 0 Å². The number of halogens is 2. The van der Waals surface area contributed by atoms with Crippen LogP contribution in [0, 0.1) is 14.1 Å². The van der Waals surface area contributed by atoms with Gasteiger partial charge in [-0.2, -0.15) is 0 Å². The first kappa shape index (κ1) is 19.2. The third-order valence-corrected chi connectivity index (χ3v) is 5.35. The number of rotatable bonds is 5. The Morgan fingerprint density at radius 3 is 2.35 bits per heavy atom. The van der Waals surface area contributed by atoms with Crippen LogP contribution in [0.4, 0.5) is 11.4 Å². The molecule has 0 bridgehead atoms. The van der Waals surface area contributed by atoms with Crippen LogP contribution < -0.4 is 10.6 Å². The van der Waals surface area contributed by atoms with Crippen LogP contribution in [0.25, 0.3) is 0 Å². The highest BCUT2D eigenvalue weighted by molar-refractivity contribution is 14.1. The summed E-state index contributed by atoms with van der Waals surface area (Å²) in [5.74, 6) is -0.0918. The number of hydrogen-bond acceptors (Lipinski definition) is 2. The molecule has 0 heterocycles. The molecular weight excluding hydrogens is 550 g/mol. The predicted molar refractivity (Wildman–Crippen MR) is 125 cm³/mol. The van der Waals surface area contributed by atoms with Crippen molar-refractivity contribution in [1.82, 2.24) is 0 Å². The summed E-state index contributed by atoms with van der Waals surface area (Å²) in [5.41, 5.74) is 4.73. The molecule has 0 fully saturated rings. The number of hydrogen-bond donors (Lipinski definition) is 2. The lowest BCUT2D eigenvalue weighted by Crippen LogP contribution is -2.16. The fourth-order valence-corrected chi connectivity index (χ4v) is 3.79. The highest BCUT2D eigenvalue weighted by Crippen LogP contribution is 2.21. The summed E-state index contributed by atoms with van der Waals surface area (Å²) in [6.45, 7) is 2.68. The summed E-state index contributed by atoms with van der Waals surface area (Å²) in [6, 6.07) is 21.8. The average molecular weight is 568 g/mol. The highest BCUT2D eigenvalue weighted by atomic mass is 127. The fourth-order valence-electron chi connectivity index (χ4n) is 2.65. The monoisotopic (exact) mass is 568 g/mol. The molecule has 0 aliphatic heterocycles. The van der Waals surface area contributed by atoms with Gasteiger partial charge in [0.25, 0.3) is 5.91 Å². The van der Waals surface area contributed by atoms with Crippen LogP contribution in [0.1, 0.15) is 21.5 Å². The normalized spacial score (nSPS) is 10.4. The van der Waals surface area contributed by atoms with Gasteiger partial charge >= 0.3 is 0 Å². The summed E-state index contributed by atoms with van der Waals surface area (Å²) in [5, 5.41) is 6.42. The summed E-state index contributed by atoms with van der Waals surface area (Å²) < 4.78 is 2.25. The van der Waals surface area contributed by atoms with Crippen molar-refractivity contribution in [3.63, 3.8) is 0 Å². The Hall–Kier alpha value is -1.61. The lowest BCUT2D eigenvalue weighted by Gasteiger charge is -2.14. The van der Waals surface area contributed by atoms with E-state index in [2.05, 4.69) is 80.9 Å². The van der Waals surface area contributed by atoms with Gasteiger partial charge in [-0.05, 0) is 106 Å². The molecule has 2 N–H and O–H groups in total. The Balaban J connectivity index is 1.80. The van der Waals surface area contributed by atoms with Crippen molar-refractivity contribution in [2.75, 3.05) is 10.6 Å². The summed E-state index contributed by atoms with van der Waals surface area (Å²) in [7, 11) is 0. The van der Waals surface area contributed by atoms with Crippen molar-refractivity contribution < 1.29 is 4.79 Å². The maximum absolute atomic E-state index is 12.8. The summed E-state index contributed by atoms with van der Waals surface area (Å²) >= 11 is 4.54. The van der Waals surface area contributed by atoms with E-state index in [0.29, 0.717) is 12.1 Å². The molecule has 5 heteroatoms. The first-order chi connectivity index (χ1) is 12.5. The van der Waals surface area contributed by atoms with E-state index in [0.717, 1.165) is 20.5 Å². The largest absolute Gasteiger partial charge is 0.381 e. The maximum Gasteiger partial charge on any atom is 0.256 e. The summed E-state index contributed by atoms with van der Waals surface area (Å²) in [4.78, 5) is 12.8. The average Bonchev–Trinajstić information content (AvgIpc) is 2.62. The van der Waals surface area contributed by atoms with Crippen molar-refractivity contribution >= 4 is 62.5 Å². The van der Waals surface area contributed by atoms with Gasteiger partial charge < -0.3 is 10.6 Å². The molecule has 0 saturated heterocycles. The number of anilines is 2. The second kappa shape index (κ2) is 8.85. The predicted octanol–water partition coefficient (Wildman–Crippen LogP) is 6.07. The van der Waals surface area contributed by atoms with Gasteiger partial charge in [-0.1, -0.05) is 24.3 Å². The topological polar surface area (TPSA) is 41.1 Å². The van der Waals surface area contributed by atoms with E-state index in [1.54, 1.807) is 0 Å². The molecule has 0 aliphatic carbocycles. The van der Waals surface area contributed by atoms with Crippen molar-refractivity contribution in [1.29, 1.82) is 0 Å².